The Labute approximate surface area is 111 Å². The van der Waals surface area contributed by atoms with E-state index in [1.54, 1.807) is 0 Å². The molecule has 0 bridgehead atoms. The van der Waals surface area contributed by atoms with Crippen molar-refractivity contribution < 1.29 is 9.59 Å². The van der Waals surface area contributed by atoms with Gasteiger partial charge in [-0.15, -0.1) is 0 Å². The molecule has 1 rings (SSSR count). The second-order valence-electron chi connectivity index (χ2n) is 3.95. The quantitative estimate of drug-likeness (QED) is 0.633. The lowest BCUT2D eigenvalue weighted by Gasteiger charge is -2.10. The molecule has 0 spiro atoms. The third-order valence-corrected chi connectivity index (χ3v) is 2.48. The summed E-state index contributed by atoms with van der Waals surface area (Å²) in [6, 6.07) is 10.7. The van der Waals surface area contributed by atoms with Gasteiger partial charge in [0.1, 0.15) is 5.92 Å². The lowest BCUT2D eigenvalue weighted by atomic mass is 10.00. The van der Waals surface area contributed by atoms with E-state index in [2.05, 4.69) is 10.6 Å². The highest BCUT2D eigenvalue weighted by molar-refractivity contribution is 5.81. The van der Waals surface area contributed by atoms with E-state index in [1.807, 2.05) is 36.4 Å². The molecule has 1 aromatic carbocycles. The Hall–Kier alpha value is -2.55. The molecule has 0 aliphatic rings. The topological polar surface area (TPSA) is 108 Å². The number of nitriles is 1. The molecule has 1 unspecified atom stereocenters. The zero-order chi connectivity index (χ0) is 14.1. The first kappa shape index (κ1) is 14.5. The van der Waals surface area contributed by atoms with Gasteiger partial charge in [-0.25, -0.2) is 4.79 Å². The van der Waals surface area contributed by atoms with Gasteiger partial charge in [-0.2, -0.15) is 5.26 Å². The van der Waals surface area contributed by atoms with Crippen LogP contribution in [0.1, 0.15) is 5.56 Å². The van der Waals surface area contributed by atoms with Crippen LogP contribution in [0.5, 0.6) is 0 Å². The van der Waals surface area contributed by atoms with Gasteiger partial charge in [-0.3, -0.25) is 4.79 Å². The third kappa shape index (κ3) is 5.55. The summed E-state index contributed by atoms with van der Waals surface area (Å²) >= 11 is 0. The molecule has 19 heavy (non-hydrogen) atoms. The molecule has 0 heterocycles. The van der Waals surface area contributed by atoms with Crippen molar-refractivity contribution in [2.24, 2.45) is 11.7 Å². The van der Waals surface area contributed by atoms with E-state index in [9.17, 15) is 9.59 Å². The van der Waals surface area contributed by atoms with E-state index in [0.717, 1.165) is 5.56 Å². The van der Waals surface area contributed by atoms with Crippen LogP contribution in [0.3, 0.4) is 0 Å². The van der Waals surface area contributed by atoms with Gasteiger partial charge >= 0.3 is 6.03 Å². The molecule has 0 saturated carbocycles. The maximum Gasteiger partial charge on any atom is 0.312 e. The first-order valence-corrected chi connectivity index (χ1v) is 5.88. The lowest BCUT2D eigenvalue weighted by molar-refractivity contribution is -0.123. The number of benzene rings is 1. The van der Waals surface area contributed by atoms with Crippen LogP contribution in [0.4, 0.5) is 4.79 Å². The Morgan fingerprint density at radius 2 is 1.84 bits per heavy atom. The number of nitrogens with one attached hydrogen (secondary N) is 2. The van der Waals surface area contributed by atoms with Crippen LogP contribution in [0.25, 0.3) is 0 Å². The van der Waals surface area contributed by atoms with E-state index in [4.69, 9.17) is 11.0 Å². The third-order valence-electron chi connectivity index (χ3n) is 2.48. The Balaban J connectivity index is 2.40. The number of carbonyl (C=O) groups excluding carboxylic acids is 2. The van der Waals surface area contributed by atoms with Crippen LogP contribution in [-0.4, -0.2) is 25.0 Å². The number of urea groups is 1. The fourth-order valence-corrected chi connectivity index (χ4v) is 1.54. The summed E-state index contributed by atoms with van der Waals surface area (Å²) in [5.74, 6) is -1.09. The highest BCUT2D eigenvalue weighted by Gasteiger charge is 2.17. The molecule has 0 radical (unpaired) electrons. The van der Waals surface area contributed by atoms with Crippen molar-refractivity contribution >= 4 is 11.9 Å². The van der Waals surface area contributed by atoms with Crippen molar-refractivity contribution in [2.75, 3.05) is 13.1 Å². The molecular formula is C13H16N4O2. The summed E-state index contributed by atoms with van der Waals surface area (Å²) in [7, 11) is 0. The number of amides is 3. The molecule has 1 atom stereocenters. The molecule has 4 N–H and O–H groups in total. The number of hydrogen-bond acceptors (Lipinski definition) is 3. The fraction of sp³-hybridized carbons (Fsp3) is 0.308. The Morgan fingerprint density at radius 3 is 2.42 bits per heavy atom. The number of nitrogens with zero attached hydrogens (tertiary/aromatic N) is 1. The highest BCUT2D eigenvalue weighted by Crippen LogP contribution is 2.07. The summed E-state index contributed by atoms with van der Waals surface area (Å²) in [5.41, 5.74) is 5.81. The zero-order valence-electron chi connectivity index (χ0n) is 10.4. The molecule has 0 aliphatic heterocycles. The van der Waals surface area contributed by atoms with Gasteiger partial charge < -0.3 is 16.4 Å². The minimum atomic E-state index is -0.740. The van der Waals surface area contributed by atoms with E-state index < -0.39 is 11.9 Å². The second-order valence-corrected chi connectivity index (χ2v) is 3.95. The van der Waals surface area contributed by atoms with Gasteiger partial charge in [0, 0.05) is 13.1 Å². The Morgan fingerprint density at radius 1 is 1.21 bits per heavy atom. The van der Waals surface area contributed by atoms with Crippen molar-refractivity contribution in [1.29, 1.82) is 5.26 Å². The van der Waals surface area contributed by atoms with Crippen LogP contribution in [0, 0.1) is 17.2 Å². The molecule has 0 fully saturated rings. The molecule has 0 aliphatic carbocycles. The van der Waals surface area contributed by atoms with Gasteiger partial charge in [-0.05, 0) is 12.0 Å². The van der Waals surface area contributed by atoms with Crippen LogP contribution in [0.15, 0.2) is 30.3 Å². The maximum atomic E-state index is 11.7. The summed E-state index contributed by atoms with van der Waals surface area (Å²) in [6.07, 6.45) is 0.367. The first-order valence-electron chi connectivity index (χ1n) is 5.88. The van der Waals surface area contributed by atoms with Crippen LogP contribution in [0.2, 0.25) is 0 Å². The van der Waals surface area contributed by atoms with E-state index in [0.29, 0.717) is 6.42 Å². The number of rotatable bonds is 6. The van der Waals surface area contributed by atoms with Gasteiger partial charge in [-0.1, -0.05) is 30.3 Å². The normalized spacial score (nSPS) is 11.1. The van der Waals surface area contributed by atoms with Crippen molar-refractivity contribution in [3.8, 4) is 6.07 Å². The van der Waals surface area contributed by atoms with Crippen LogP contribution >= 0.6 is 0 Å². The number of carbonyl (C=O) groups is 2. The van der Waals surface area contributed by atoms with Crippen molar-refractivity contribution in [3.63, 3.8) is 0 Å². The van der Waals surface area contributed by atoms with E-state index in [1.165, 1.54) is 0 Å². The first-order chi connectivity index (χ1) is 9.13. The molecule has 6 heteroatoms. The second kappa shape index (κ2) is 7.71. The maximum absolute atomic E-state index is 11.7. The summed E-state index contributed by atoms with van der Waals surface area (Å²) in [6.45, 7) is 0.485. The highest BCUT2D eigenvalue weighted by atomic mass is 16.2. The minimum absolute atomic E-state index is 0.241. The zero-order valence-corrected chi connectivity index (χ0v) is 10.4. The van der Waals surface area contributed by atoms with Gasteiger partial charge in [0.2, 0.25) is 5.91 Å². The number of hydrogen-bond donors (Lipinski definition) is 3. The minimum Gasteiger partial charge on any atom is -0.353 e. The summed E-state index contributed by atoms with van der Waals surface area (Å²) in [5, 5.41) is 13.9. The van der Waals surface area contributed by atoms with Crippen LogP contribution < -0.4 is 16.4 Å². The smallest absolute Gasteiger partial charge is 0.312 e. The average molecular weight is 260 g/mol. The Bertz CT molecular complexity index is 467. The van der Waals surface area contributed by atoms with Crippen molar-refractivity contribution in [2.45, 2.75) is 6.42 Å². The van der Waals surface area contributed by atoms with Crippen molar-refractivity contribution in [3.05, 3.63) is 35.9 Å². The molecular weight excluding hydrogens is 244 g/mol. The summed E-state index contributed by atoms with van der Waals surface area (Å²) < 4.78 is 0. The molecule has 6 nitrogen and oxygen atoms in total. The van der Waals surface area contributed by atoms with Gasteiger partial charge in [0.15, 0.2) is 0 Å². The summed E-state index contributed by atoms with van der Waals surface area (Å²) in [4.78, 5) is 22.2. The SMILES string of the molecule is N#CC(Cc1ccccc1)C(=O)NCCNC(N)=O. The van der Waals surface area contributed by atoms with Crippen LogP contribution in [-0.2, 0) is 11.2 Å². The van der Waals surface area contributed by atoms with E-state index in [-0.39, 0.29) is 19.0 Å². The number of nitrogens with two attached hydrogens (primary N) is 1. The molecule has 100 valence electrons. The van der Waals surface area contributed by atoms with E-state index >= 15 is 0 Å². The standard InChI is InChI=1S/C13H16N4O2/c14-9-11(8-10-4-2-1-3-5-10)12(18)16-6-7-17-13(15)19/h1-5,11H,6-8H2,(H,16,18)(H3,15,17,19). The fourth-order valence-electron chi connectivity index (χ4n) is 1.54. The van der Waals surface area contributed by atoms with Gasteiger partial charge in [0.25, 0.3) is 0 Å². The predicted octanol–water partition coefficient (Wildman–Crippen LogP) is 0.153. The van der Waals surface area contributed by atoms with Crippen molar-refractivity contribution in [1.82, 2.24) is 10.6 Å². The lowest BCUT2D eigenvalue weighted by Crippen LogP contribution is -2.39. The average Bonchev–Trinajstić information content (AvgIpc) is 2.41. The molecule has 1 aromatic rings. The molecule has 0 saturated heterocycles. The largest absolute Gasteiger partial charge is 0.353 e. The predicted molar refractivity (Wildman–Crippen MR) is 69.8 cm³/mol. The Kier molecular flexibility index (Phi) is 5.89. The molecule has 0 aromatic heterocycles. The number of primary amides is 1. The van der Waals surface area contributed by atoms with Gasteiger partial charge in [0.05, 0.1) is 6.07 Å². The monoisotopic (exact) mass is 260 g/mol. The molecule has 3 amide bonds.